The van der Waals surface area contributed by atoms with E-state index < -0.39 is 10.9 Å². The van der Waals surface area contributed by atoms with Gasteiger partial charge in [0, 0.05) is 0 Å². The molecule has 0 fully saturated rings. The fraction of sp³-hybridized carbons (Fsp3) is 0. The molecule has 1 aliphatic rings. The minimum absolute atomic E-state index is 0.417. The Kier molecular flexibility index (Phi) is 2.39. The van der Waals surface area contributed by atoms with Crippen LogP contribution in [0.2, 0.25) is 0 Å². The highest BCUT2D eigenvalue weighted by Crippen LogP contribution is 2.44. The summed E-state index contributed by atoms with van der Waals surface area (Å²) in [6, 6.07) is 16.4. The highest BCUT2D eigenvalue weighted by Gasteiger charge is 2.36. The topological polar surface area (TPSA) is 23.8 Å². The first-order valence-corrected chi connectivity index (χ1v) is 6.94. The summed E-state index contributed by atoms with van der Waals surface area (Å²) in [6.45, 7) is 0. The number of nitrogens with zero attached hydrogens (tertiary/aromatic N) is 1. The number of rotatable bonds is 0. The zero-order valence-corrected chi connectivity index (χ0v) is 10.0. The van der Waals surface area contributed by atoms with Gasteiger partial charge in [0.25, 0.3) is 0 Å². The van der Waals surface area contributed by atoms with Gasteiger partial charge in [-0.1, -0.05) is 36.0 Å². The summed E-state index contributed by atoms with van der Waals surface area (Å²) in [6.07, 6.45) is 0. The molecule has 0 N–H and O–H groups in total. The van der Waals surface area contributed by atoms with Gasteiger partial charge in [-0.25, -0.2) is 0 Å². The Hall–Kier alpha value is -1.37. The van der Waals surface area contributed by atoms with Crippen LogP contribution >= 0.6 is 11.8 Å². The Bertz CT molecular complexity index is 541. The summed E-state index contributed by atoms with van der Waals surface area (Å²) >= 11 is 1.76. The van der Waals surface area contributed by atoms with Gasteiger partial charge in [-0.3, -0.25) is 0 Å². The van der Waals surface area contributed by atoms with Crippen molar-refractivity contribution in [3.63, 3.8) is 0 Å². The van der Waals surface area contributed by atoms with Crippen molar-refractivity contribution >= 4 is 22.7 Å². The van der Waals surface area contributed by atoms with Crippen LogP contribution in [-0.2, 0) is 10.9 Å². The summed E-state index contributed by atoms with van der Waals surface area (Å²) in [5.74, 6) is 0. The Balaban J connectivity index is 2.24. The smallest absolute Gasteiger partial charge is 0.135 e. The summed E-state index contributed by atoms with van der Waals surface area (Å²) in [4.78, 5) is 4.75. The zero-order valence-electron chi connectivity index (χ0n) is 8.38. The molecule has 0 atom stereocenters. The van der Waals surface area contributed by atoms with Crippen LogP contribution in [0.15, 0.2) is 68.1 Å². The van der Waals surface area contributed by atoms with Gasteiger partial charge in [0.1, 0.15) is 0 Å². The third kappa shape index (κ3) is 1.42. The van der Waals surface area contributed by atoms with E-state index in [1.54, 1.807) is 11.8 Å². The standard InChI is InChI=1S/C13H8NS2/c14-9-16-12-7-3-1-5-10(12)15-11-6-2-4-8-13(11)16/h1-8H/q+1. The fourth-order valence-electron chi connectivity index (χ4n) is 1.74. The van der Waals surface area contributed by atoms with E-state index in [-0.39, 0.29) is 0 Å². The van der Waals surface area contributed by atoms with Gasteiger partial charge >= 0.3 is 5.40 Å². The van der Waals surface area contributed by atoms with Crippen molar-refractivity contribution in [3.05, 3.63) is 48.5 Å². The minimum atomic E-state index is -0.417. The normalized spacial score (nSPS) is 13.7. The van der Waals surface area contributed by atoms with Gasteiger partial charge in [0.2, 0.25) is 0 Å². The number of fused-ring (bicyclic) bond motifs is 2. The maximum Gasteiger partial charge on any atom is 0.331 e. The van der Waals surface area contributed by atoms with Crippen molar-refractivity contribution in [2.45, 2.75) is 19.6 Å². The summed E-state index contributed by atoms with van der Waals surface area (Å²) in [5.41, 5.74) is 0. The molecule has 0 saturated carbocycles. The molecular formula is C13H8NS2+. The molecule has 2 aromatic carbocycles. The van der Waals surface area contributed by atoms with Crippen LogP contribution in [-0.4, -0.2) is 0 Å². The van der Waals surface area contributed by atoms with E-state index >= 15 is 0 Å². The second-order valence-corrected chi connectivity index (χ2v) is 6.15. The van der Waals surface area contributed by atoms with Gasteiger partial charge in [-0.05, 0) is 24.3 Å². The fourth-order valence-corrected chi connectivity index (χ4v) is 4.76. The molecule has 0 unspecified atom stereocenters. The number of thiocyanates is 1. The Morgan fingerprint density at radius 3 is 1.88 bits per heavy atom. The van der Waals surface area contributed by atoms with Crippen LogP contribution in [0.1, 0.15) is 0 Å². The average molecular weight is 242 g/mol. The number of hydrogen-bond donors (Lipinski definition) is 0. The predicted molar refractivity (Wildman–Crippen MR) is 66.5 cm³/mol. The van der Waals surface area contributed by atoms with Gasteiger partial charge in [0.15, 0.2) is 20.7 Å². The first-order chi connectivity index (χ1) is 7.90. The summed E-state index contributed by atoms with van der Waals surface area (Å²) in [5, 5.41) is 11.8. The molecule has 1 nitrogen and oxygen atoms in total. The van der Waals surface area contributed by atoms with Crippen LogP contribution in [0.3, 0.4) is 0 Å². The van der Waals surface area contributed by atoms with Crippen molar-refractivity contribution in [2.75, 3.05) is 0 Å². The van der Waals surface area contributed by atoms with E-state index in [1.165, 1.54) is 9.79 Å². The highest BCUT2D eigenvalue weighted by atomic mass is 32.2. The number of hydrogen-bond acceptors (Lipinski definition) is 2. The molecule has 0 amide bonds. The number of benzene rings is 2. The third-order valence-corrected chi connectivity index (χ3v) is 5.63. The second-order valence-electron chi connectivity index (χ2n) is 3.39. The average Bonchev–Trinajstić information content (AvgIpc) is 2.36. The van der Waals surface area contributed by atoms with Gasteiger partial charge in [-0.2, -0.15) is 0 Å². The molecule has 1 aliphatic heterocycles. The SMILES string of the molecule is N#C[S+]1c2ccccc2Sc2ccccc21. The van der Waals surface area contributed by atoms with E-state index in [1.807, 2.05) is 24.3 Å². The van der Waals surface area contributed by atoms with Crippen LogP contribution in [0, 0.1) is 10.7 Å². The highest BCUT2D eigenvalue weighted by molar-refractivity contribution is 8.06. The quantitative estimate of drug-likeness (QED) is 0.520. The predicted octanol–water partition coefficient (Wildman–Crippen LogP) is 3.67. The number of nitriles is 1. The van der Waals surface area contributed by atoms with Crippen molar-refractivity contribution in [3.8, 4) is 5.40 Å². The van der Waals surface area contributed by atoms with Crippen LogP contribution in [0.5, 0.6) is 0 Å². The van der Waals surface area contributed by atoms with Crippen LogP contribution < -0.4 is 0 Å². The lowest BCUT2D eigenvalue weighted by Crippen LogP contribution is -2.07. The summed E-state index contributed by atoms with van der Waals surface area (Å²) in [7, 11) is -0.417. The largest absolute Gasteiger partial charge is 0.331 e. The molecule has 3 heteroatoms. The molecule has 0 spiro atoms. The lowest BCUT2D eigenvalue weighted by atomic mass is 10.3. The maximum absolute atomic E-state index is 9.34. The molecule has 0 radical (unpaired) electrons. The first kappa shape index (κ1) is 9.83. The first-order valence-electron chi connectivity index (χ1n) is 4.90. The van der Waals surface area contributed by atoms with E-state index in [2.05, 4.69) is 29.7 Å². The van der Waals surface area contributed by atoms with Gasteiger partial charge in [-0.15, -0.1) is 5.26 Å². The van der Waals surface area contributed by atoms with Crippen molar-refractivity contribution in [1.82, 2.24) is 0 Å². The van der Waals surface area contributed by atoms with Gasteiger partial charge < -0.3 is 0 Å². The molecule has 76 valence electrons. The van der Waals surface area contributed by atoms with E-state index in [0.717, 1.165) is 9.79 Å². The monoisotopic (exact) mass is 242 g/mol. The summed E-state index contributed by atoms with van der Waals surface area (Å²) < 4.78 is 0. The Morgan fingerprint density at radius 2 is 1.38 bits per heavy atom. The molecular weight excluding hydrogens is 234 g/mol. The zero-order chi connectivity index (χ0) is 11.0. The molecule has 0 aliphatic carbocycles. The molecule has 0 aromatic heterocycles. The molecule has 2 aromatic rings. The van der Waals surface area contributed by atoms with E-state index in [9.17, 15) is 5.26 Å². The Morgan fingerprint density at radius 1 is 0.875 bits per heavy atom. The second kappa shape index (κ2) is 3.89. The third-order valence-electron chi connectivity index (χ3n) is 2.45. The minimum Gasteiger partial charge on any atom is -0.135 e. The van der Waals surface area contributed by atoms with E-state index in [4.69, 9.17) is 0 Å². The van der Waals surface area contributed by atoms with Crippen molar-refractivity contribution in [1.29, 1.82) is 5.26 Å². The molecule has 0 saturated heterocycles. The van der Waals surface area contributed by atoms with Crippen LogP contribution in [0.4, 0.5) is 0 Å². The van der Waals surface area contributed by atoms with Crippen molar-refractivity contribution < 1.29 is 0 Å². The molecule has 3 rings (SSSR count). The molecule has 16 heavy (non-hydrogen) atoms. The van der Waals surface area contributed by atoms with E-state index in [0.29, 0.717) is 0 Å². The lowest BCUT2D eigenvalue weighted by molar-refractivity contribution is 1.14. The van der Waals surface area contributed by atoms with Crippen molar-refractivity contribution in [2.24, 2.45) is 0 Å². The Labute approximate surface area is 101 Å². The van der Waals surface area contributed by atoms with Gasteiger partial charge in [0.05, 0.1) is 9.79 Å². The molecule has 0 bridgehead atoms. The van der Waals surface area contributed by atoms with Crippen LogP contribution in [0.25, 0.3) is 0 Å². The molecule has 1 heterocycles. The lowest BCUT2D eigenvalue weighted by Gasteiger charge is -2.13. The maximum atomic E-state index is 9.34.